The molecule has 11 atom stereocenters. The van der Waals surface area contributed by atoms with Crippen LogP contribution in [-0.4, -0.2) is 17.1 Å². The molecule has 0 saturated heterocycles. The standard InChI is InChI=1S/C27H45N3O2/c1-6-18-22-15-16(2)11-13-27(22,5)21-12-14-26(4)19(8-9-20(26)24(21)25(18)32)17(3)7-10-23(31)29-30-28/h16-22,24-25,32H,6-15H2,1-5H3/t16-,17-,18-,19-,20+,21+,22+,24+,25-,26-,27-/m1/s1. The van der Waals surface area contributed by atoms with E-state index in [0.717, 1.165) is 18.8 Å². The quantitative estimate of drug-likeness (QED) is 0.278. The summed E-state index contributed by atoms with van der Waals surface area (Å²) in [5.74, 6) is 4.34. The third-order valence-corrected chi connectivity index (χ3v) is 11.4. The number of aliphatic hydroxyl groups excluding tert-OH is 1. The second-order valence-electron chi connectivity index (χ2n) is 12.7. The minimum atomic E-state index is -0.332. The van der Waals surface area contributed by atoms with Crippen LogP contribution in [0.5, 0.6) is 0 Å². The molecule has 0 aliphatic heterocycles. The summed E-state index contributed by atoms with van der Waals surface area (Å²) in [6, 6.07) is 0. The summed E-state index contributed by atoms with van der Waals surface area (Å²) in [6.45, 7) is 12.1. The molecular formula is C27H45N3O2. The van der Waals surface area contributed by atoms with E-state index in [9.17, 15) is 9.90 Å². The van der Waals surface area contributed by atoms with E-state index in [0.29, 0.717) is 53.3 Å². The number of azide groups is 1. The van der Waals surface area contributed by atoms with Crippen molar-refractivity contribution in [2.24, 2.45) is 63.3 Å². The number of nitrogens with zero attached hydrogens (tertiary/aromatic N) is 3. The molecule has 4 fully saturated rings. The number of hydrogen-bond acceptors (Lipinski definition) is 2. The van der Waals surface area contributed by atoms with Gasteiger partial charge in [0.15, 0.2) is 0 Å². The molecule has 1 amide bonds. The Morgan fingerprint density at radius 3 is 2.50 bits per heavy atom. The number of hydrogen-bond donors (Lipinski definition) is 1. The van der Waals surface area contributed by atoms with Crippen LogP contribution >= 0.6 is 0 Å². The predicted molar refractivity (Wildman–Crippen MR) is 127 cm³/mol. The summed E-state index contributed by atoms with van der Waals surface area (Å²) in [5.41, 5.74) is 9.17. The molecule has 0 aromatic heterocycles. The molecule has 4 aliphatic rings. The van der Waals surface area contributed by atoms with Gasteiger partial charge < -0.3 is 5.11 Å². The topological polar surface area (TPSA) is 86.1 Å². The molecule has 0 heterocycles. The van der Waals surface area contributed by atoms with E-state index >= 15 is 0 Å². The van der Waals surface area contributed by atoms with Gasteiger partial charge in [-0.25, -0.2) is 0 Å². The molecule has 0 aromatic rings. The molecule has 32 heavy (non-hydrogen) atoms. The van der Waals surface area contributed by atoms with Gasteiger partial charge in [0, 0.05) is 11.3 Å². The van der Waals surface area contributed by atoms with Crippen LogP contribution in [0.3, 0.4) is 0 Å². The summed E-state index contributed by atoms with van der Waals surface area (Å²) in [5, 5.41) is 15.1. The minimum Gasteiger partial charge on any atom is -0.393 e. The summed E-state index contributed by atoms with van der Waals surface area (Å²) in [7, 11) is 0. The van der Waals surface area contributed by atoms with Crippen molar-refractivity contribution in [2.75, 3.05) is 0 Å². The lowest BCUT2D eigenvalue weighted by molar-refractivity contribution is -0.198. The first kappa shape index (κ1) is 24.1. The molecule has 0 aromatic carbocycles. The maximum absolute atomic E-state index is 11.8. The Bertz CT molecular complexity index is 764. The highest BCUT2D eigenvalue weighted by Crippen LogP contribution is 2.69. The number of aliphatic hydroxyl groups is 1. The van der Waals surface area contributed by atoms with Crippen molar-refractivity contribution in [3.05, 3.63) is 10.4 Å². The average molecular weight is 444 g/mol. The summed E-state index contributed by atoms with van der Waals surface area (Å²) in [6.07, 6.45) is 11.1. The highest BCUT2D eigenvalue weighted by Gasteiger charge is 2.64. The number of rotatable bonds is 5. The molecule has 0 spiro atoms. The Hall–Kier alpha value is -1.06. The molecule has 180 valence electrons. The Kier molecular flexibility index (Phi) is 6.73. The van der Waals surface area contributed by atoms with Crippen molar-refractivity contribution in [3.63, 3.8) is 0 Å². The monoisotopic (exact) mass is 443 g/mol. The Labute approximate surface area is 194 Å². The maximum atomic E-state index is 11.8. The van der Waals surface area contributed by atoms with Crippen LogP contribution < -0.4 is 0 Å². The Morgan fingerprint density at radius 1 is 1.12 bits per heavy atom. The van der Waals surface area contributed by atoms with E-state index in [1.54, 1.807) is 0 Å². The van der Waals surface area contributed by atoms with Gasteiger partial charge in [-0.05, 0) is 114 Å². The molecule has 0 bridgehead atoms. The van der Waals surface area contributed by atoms with Gasteiger partial charge in [0.2, 0.25) is 5.91 Å². The van der Waals surface area contributed by atoms with Crippen molar-refractivity contribution in [1.82, 2.24) is 0 Å². The van der Waals surface area contributed by atoms with Gasteiger partial charge in [-0.1, -0.05) is 47.5 Å². The fourth-order valence-electron chi connectivity index (χ4n) is 9.80. The van der Waals surface area contributed by atoms with Gasteiger partial charge >= 0.3 is 0 Å². The largest absolute Gasteiger partial charge is 0.393 e. The van der Waals surface area contributed by atoms with Crippen LogP contribution in [0.25, 0.3) is 10.4 Å². The van der Waals surface area contributed by atoms with E-state index < -0.39 is 0 Å². The lowest BCUT2D eigenvalue weighted by Crippen LogP contribution is -2.61. The van der Waals surface area contributed by atoms with Crippen molar-refractivity contribution >= 4 is 5.91 Å². The Balaban J connectivity index is 1.57. The van der Waals surface area contributed by atoms with Crippen LogP contribution in [0, 0.1) is 58.2 Å². The van der Waals surface area contributed by atoms with Gasteiger partial charge in [0.25, 0.3) is 0 Å². The normalized spacial score (nSPS) is 48.7. The highest BCUT2D eigenvalue weighted by molar-refractivity contribution is 5.76. The SMILES string of the molecule is CC[C@H]1[C@@H](O)[C@@H]2[C@H](CC[C@]3(C)[C@@H]([C@H](C)CCC(=O)N=[N+]=[N-])CC[C@@H]23)[C@@]2(C)CC[C@@H](C)C[C@@H]12. The number of carbonyl (C=O) groups is 1. The van der Waals surface area contributed by atoms with Crippen molar-refractivity contribution in [1.29, 1.82) is 0 Å². The molecule has 0 unspecified atom stereocenters. The number of carbonyl (C=O) groups excluding carboxylic acids is 1. The average Bonchev–Trinajstić information content (AvgIpc) is 3.11. The number of fused-ring (bicyclic) bond motifs is 5. The molecule has 5 heteroatoms. The van der Waals surface area contributed by atoms with E-state index in [1.165, 1.54) is 44.9 Å². The second kappa shape index (κ2) is 8.95. The highest BCUT2D eigenvalue weighted by atomic mass is 16.3. The molecule has 4 saturated carbocycles. The fourth-order valence-corrected chi connectivity index (χ4v) is 9.80. The lowest BCUT2D eigenvalue weighted by Gasteiger charge is -2.65. The van der Waals surface area contributed by atoms with Gasteiger partial charge in [-0.3, -0.25) is 4.79 Å². The van der Waals surface area contributed by atoms with Crippen LogP contribution in [0.15, 0.2) is 5.11 Å². The first-order chi connectivity index (χ1) is 15.2. The van der Waals surface area contributed by atoms with E-state index in [-0.39, 0.29) is 17.4 Å². The van der Waals surface area contributed by atoms with E-state index in [1.807, 2.05) is 0 Å². The van der Waals surface area contributed by atoms with Gasteiger partial charge in [0.1, 0.15) is 0 Å². The van der Waals surface area contributed by atoms with E-state index in [4.69, 9.17) is 5.53 Å². The molecule has 4 aliphatic carbocycles. The maximum Gasteiger partial charge on any atom is 0.218 e. The predicted octanol–water partition coefficient (Wildman–Crippen LogP) is 7.14. The Morgan fingerprint density at radius 2 is 1.81 bits per heavy atom. The molecule has 4 rings (SSSR count). The molecule has 0 radical (unpaired) electrons. The van der Waals surface area contributed by atoms with Gasteiger partial charge in [-0.2, -0.15) is 0 Å². The third kappa shape index (κ3) is 3.72. The molecule has 1 N–H and O–H groups in total. The molecule has 5 nitrogen and oxygen atoms in total. The zero-order valence-electron chi connectivity index (χ0n) is 21.0. The second-order valence-corrected chi connectivity index (χ2v) is 12.7. The van der Waals surface area contributed by atoms with Crippen molar-refractivity contribution in [2.45, 2.75) is 105 Å². The minimum absolute atomic E-state index is 0.154. The summed E-state index contributed by atoms with van der Waals surface area (Å²) >= 11 is 0. The zero-order chi connectivity index (χ0) is 23.3. The van der Waals surface area contributed by atoms with E-state index in [2.05, 4.69) is 44.6 Å². The third-order valence-electron chi connectivity index (χ3n) is 11.4. The molecular weight excluding hydrogens is 398 g/mol. The fraction of sp³-hybridized carbons (Fsp3) is 0.963. The zero-order valence-corrected chi connectivity index (χ0v) is 21.0. The number of amides is 1. The lowest BCUT2D eigenvalue weighted by atomic mass is 9.41. The van der Waals surface area contributed by atoms with Gasteiger partial charge in [0.05, 0.1) is 6.10 Å². The smallest absolute Gasteiger partial charge is 0.218 e. The van der Waals surface area contributed by atoms with Crippen molar-refractivity contribution in [3.8, 4) is 0 Å². The first-order valence-corrected chi connectivity index (χ1v) is 13.4. The summed E-state index contributed by atoms with van der Waals surface area (Å²) in [4.78, 5) is 14.4. The van der Waals surface area contributed by atoms with Gasteiger partial charge in [-0.15, -0.1) is 0 Å². The van der Waals surface area contributed by atoms with Crippen LogP contribution in [0.1, 0.15) is 98.8 Å². The summed E-state index contributed by atoms with van der Waals surface area (Å²) < 4.78 is 0. The van der Waals surface area contributed by atoms with Crippen molar-refractivity contribution < 1.29 is 9.90 Å². The van der Waals surface area contributed by atoms with Crippen LogP contribution in [0.4, 0.5) is 0 Å². The van der Waals surface area contributed by atoms with Crippen LogP contribution in [0.2, 0.25) is 0 Å². The first-order valence-electron chi connectivity index (χ1n) is 13.4. The van der Waals surface area contributed by atoms with Crippen LogP contribution in [-0.2, 0) is 4.79 Å².